The van der Waals surface area contributed by atoms with Gasteiger partial charge in [-0.15, -0.1) is 0 Å². The molecule has 4 nitrogen and oxygen atoms in total. The highest BCUT2D eigenvalue weighted by molar-refractivity contribution is 5.64. The molecule has 0 radical (unpaired) electrons. The van der Waals surface area contributed by atoms with E-state index in [9.17, 15) is 0 Å². The van der Waals surface area contributed by atoms with E-state index in [1.807, 2.05) is 24.3 Å². The van der Waals surface area contributed by atoms with Gasteiger partial charge in [0.25, 0.3) is 0 Å². The van der Waals surface area contributed by atoms with Gasteiger partial charge in [-0.3, -0.25) is 0 Å². The fraction of sp³-hybridized carbons (Fsp3) is 0.200. The number of pyridine rings is 1. The van der Waals surface area contributed by atoms with Gasteiger partial charge in [0.15, 0.2) is 0 Å². The Bertz CT molecular complexity index is 630. The van der Waals surface area contributed by atoms with E-state index in [1.54, 1.807) is 6.07 Å². The van der Waals surface area contributed by atoms with Crippen molar-refractivity contribution in [1.29, 1.82) is 5.26 Å². The van der Waals surface area contributed by atoms with Crippen molar-refractivity contribution in [2.24, 2.45) is 0 Å². The van der Waals surface area contributed by atoms with Gasteiger partial charge < -0.3 is 10.2 Å². The van der Waals surface area contributed by atoms with Gasteiger partial charge in [0, 0.05) is 25.3 Å². The average Bonchev–Trinajstić information content (AvgIpc) is 2.69. The van der Waals surface area contributed by atoms with Crippen molar-refractivity contribution in [2.75, 3.05) is 18.0 Å². The third-order valence-corrected chi connectivity index (χ3v) is 3.24. The number of nitriles is 1. The molecule has 0 fully saturated rings. The molecule has 0 spiro atoms. The standard InChI is InChI=1S/C15H14N4/c16-10-13-5-3-7-15(18-13)19-9-8-17-11-12-4-1-2-6-14(12)19/h1-7,17H,8-9,11H2. The van der Waals surface area contributed by atoms with E-state index in [2.05, 4.69) is 33.4 Å². The van der Waals surface area contributed by atoms with E-state index in [1.165, 1.54) is 5.56 Å². The predicted molar refractivity (Wildman–Crippen MR) is 74.1 cm³/mol. The molecule has 3 rings (SSSR count). The first-order valence-corrected chi connectivity index (χ1v) is 6.32. The van der Waals surface area contributed by atoms with Crippen molar-refractivity contribution in [1.82, 2.24) is 10.3 Å². The quantitative estimate of drug-likeness (QED) is 0.843. The normalized spacial score (nSPS) is 14.4. The van der Waals surface area contributed by atoms with Gasteiger partial charge in [-0.1, -0.05) is 24.3 Å². The van der Waals surface area contributed by atoms with Crippen LogP contribution in [0.4, 0.5) is 11.5 Å². The fourth-order valence-electron chi connectivity index (χ4n) is 2.33. The number of hydrogen-bond acceptors (Lipinski definition) is 4. The lowest BCUT2D eigenvalue weighted by atomic mass is 10.1. The summed E-state index contributed by atoms with van der Waals surface area (Å²) in [5.41, 5.74) is 2.87. The second-order valence-corrected chi connectivity index (χ2v) is 4.45. The second kappa shape index (κ2) is 5.09. The zero-order valence-electron chi connectivity index (χ0n) is 10.5. The van der Waals surface area contributed by atoms with Crippen molar-refractivity contribution >= 4 is 11.5 Å². The third kappa shape index (κ3) is 2.28. The van der Waals surface area contributed by atoms with Crippen molar-refractivity contribution in [3.05, 3.63) is 53.7 Å². The Morgan fingerprint density at radius 2 is 2.05 bits per heavy atom. The van der Waals surface area contributed by atoms with Crippen LogP contribution in [0.3, 0.4) is 0 Å². The Morgan fingerprint density at radius 1 is 1.16 bits per heavy atom. The Hall–Kier alpha value is -2.38. The van der Waals surface area contributed by atoms with Gasteiger partial charge in [0.1, 0.15) is 17.6 Å². The Morgan fingerprint density at radius 3 is 2.95 bits per heavy atom. The second-order valence-electron chi connectivity index (χ2n) is 4.45. The SMILES string of the molecule is N#Cc1cccc(N2CCNCc3ccccc32)n1. The number of nitrogens with one attached hydrogen (secondary N) is 1. The van der Waals surface area contributed by atoms with Gasteiger partial charge in [-0.25, -0.2) is 4.98 Å². The smallest absolute Gasteiger partial charge is 0.142 e. The number of fused-ring (bicyclic) bond motifs is 1. The van der Waals surface area contributed by atoms with Crippen molar-refractivity contribution in [3.8, 4) is 6.07 Å². The predicted octanol–water partition coefficient (Wildman–Crippen LogP) is 2.19. The van der Waals surface area contributed by atoms with Crippen molar-refractivity contribution in [3.63, 3.8) is 0 Å². The molecule has 0 bridgehead atoms. The topological polar surface area (TPSA) is 52.0 Å². The lowest BCUT2D eigenvalue weighted by Crippen LogP contribution is -2.25. The minimum absolute atomic E-state index is 0.451. The molecule has 0 amide bonds. The van der Waals surface area contributed by atoms with Gasteiger partial charge in [0.05, 0.1) is 0 Å². The summed E-state index contributed by atoms with van der Waals surface area (Å²) in [4.78, 5) is 6.56. The van der Waals surface area contributed by atoms with Gasteiger partial charge >= 0.3 is 0 Å². The van der Waals surface area contributed by atoms with Crippen LogP contribution in [0.1, 0.15) is 11.3 Å². The van der Waals surface area contributed by atoms with Crippen LogP contribution in [0.5, 0.6) is 0 Å². The molecule has 4 heteroatoms. The molecule has 0 unspecified atom stereocenters. The van der Waals surface area contributed by atoms with E-state index >= 15 is 0 Å². The van der Waals surface area contributed by atoms with Crippen LogP contribution in [-0.4, -0.2) is 18.1 Å². The number of hydrogen-bond donors (Lipinski definition) is 1. The molecule has 2 heterocycles. The van der Waals surface area contributed by atoms with Gasteiger partial charge in [-0.05, 0) is 23.8 Å². The molecular formula is C15H14N4. The largest absolute Gasteiger partial charge is 0.325 e. The van der Waals surface area contributed by atoms with Gasteiger partial charge in [0.2, 0.25) is 0 Å². The zero-order chi connectivity index (χ0) is 13.1. The van der Waals surface area contributed by atoms with Crippen LogP contribution in [-0.2, 0) is 6.54 Å². The molecule has 19 heavy (non-hydrogen) atoms. The summed E-state index contributed by atoms with van der Waals surface area (Å²) in [6, 6.07) is 15.9. The lowest BCUT2D eigenvalue weighted by Gasteiger charge is -2.23. The number of anilines is 2. The number of para-hydroxylation sites is 1. The van der Waals surface area contributed by atoms with E-state index in [0.717, 1.165) is 31.1 Å². The molecule has 0 saturated carbocycles. The molecule has 1 aromatic carbocycles. The molecule has 0 aliphatic carbocycles. The highest BCUT2D eigenvalue weighted by Crippen LogP contribution is 2.28. The molecule has 1 N–H and O–H groups in total. The first-order valence-electron chi connectivity index (χ1n) is 6.32. The van der Waals surface area contributed by atoms with Crippen LogP contribution in [0.15, 0.2) is 42.5 Å². The van der Waals surface area contributed by atoms with Crippen LogP contribution < -0.4 is 10.2 Å². The molecule has 0 saturated heterocycles. The maximum Gasteiger partial charge on any atom is 0.142 e. The van der Waals surface area contributed by atoms with Crippen molar-refractivity contribution in [2.45, 2.75) is 6.54 Å². The Labute approximate surface area is 112 Å². The van der Waals surface area contributed by atoms with Crippen LogP contribution in [0.2, 0.25) is 0 Å². The summed E-state index contributed by atoms with van der Waals surface area (Å²) in [6.45, 7) is 2.61. The molecule has 1 aliphatic rings. The summed E-state index contributed by atoms with van der Waals surface area (Å²) in [7, 11) is 0. The van der Waals surface area contributed by atoms with E-state index in [4.69, 9.17) is 5.26 Å². The maximum absolute atomic E-state index is 8.97. The van der Waals surface area contributed by atoms with E-state index in [-0.39, 0.29) is 0 Å². The molecule has 94 valence electrons. The molecule has 2 aromatic rings. The van der Waals surface area contributed by atoms with E-state index in [0.29, 0.717) is 5.69 Å². The highest BCUT2D eigenvalue weighted by Gasteiger charge is 2.17. The van der Waals surface area contributed by atoms with Crippen molar-refractivity contribution < 1.29 is 0 Å². The summed E-state index contributed by atoms with van der Waals surface area (Å²) in [6.07, 6.45) is 0. The minimum Gasteiger partial charge on any atom is -0.325 e. The van der Waals surface area contributed by atoms with Gasteiger partial charge in [-0.2, -0.15) is 5.26 Å². The summed E-state index contributed by atoms with van der Waals surface area (Å²) in [5.74, 6) is 0.829. The Kier molecular flexibility index (Phi) is 3.13. The molecule has 1 aromatic heterocycles. The molecular weight excluding hydrogens is 236 g/mol. The number of nitrogens with zero attached hydrogens (tertiary/aromatic N) is 3. The lowest BCUT2D eigenvalue weighted by molar-refractivity contribution is 0.711. The van der Waals surface area contributed by atoms with Crippen LogP contribution in [0, 0.1) is 11.3 Å². The number of rotatable bonds is 1. The monoisotopic (exact) mass is 250 g/mol. The molecule has 0 atom stereocenters. The Balaban J connectivity index is 2.07. The average molecular weight is 250 g/mol. The first-order chi connectivity index (χ1) is 9.38. The summed E-state index contributed by atoms with van der Waals surface area (Å²) >= 11 is 0. The number of benzene rings is 1. The van der Waals surface area contributed by atoms with Crippen LogP contribution >= 0.6 is 0 Å². The fourth-order valence-corrected chi connectivity index (χ4v) is 2.33. The minimum atomic E-state index is 0.451. The summed E-state index contributed by atoms with van der Waals surface area (Å²) in [5, 5.41) is 12.4. The third-order valence-electron chi connectivity index (χ3n) is 3.24. The molecule has 1 aliphatic heterocycles. The van der Waals surface area contributed by atoms with E-state index < -0.39 is 0 Å². The number of aromatic nitrogens is 1. The van der Waals surface area contributed by atoms with Crippen LogP contribution in [0.25, 0.3) is 0 Å². The maximum atomic E-state index is 8.97. The highest BCUT2D eigenvalue weighted by atomic mass is 15.2. The zero-order valence-corrected chi connectivity index (χ0v) is 10.5. The summed E-state index contributed by atoms with van der Waals surface area (Å²) < 4.78 is 0. The first kappa shape index (κ1) is 11.7.